The molecule has 0 fully saturated rings. The number of carbonyl (C=O) groups excluding carboxylic acids is 1. The van der Waals surface area contributed by atoms with Crippen molar-refractivity contribution in [2.75, 3.05) is 6.61 Å². The molecule has 0 atom stereocenters. The van der Waals surface area contributed by atoms with E-state index in [0.29, 0.717) is 17.2 Å². The zero-order chi connectivity index (χ0) is 10.6. The summed E-state index contributed by atoms with van der Waals surface area (Å²) in [4.78, 5) is 16.2. The third-order valence-electron chi connectivity index (χ3n) is 1.68. The van der Waals surface area contributed by atoms with Crippen LogP contribution in [0, 0.1) is 6.92 Å². The summed E-state index contributed by atoms with van der Waals surface area (Å²) in [5.41, 5.74) is 3.72. The minimum Gasteiger partial charge on any atom is -0.274 e. The van der Waals surface area contributed by atoms with E-state index in [9.17, 15) is 4.79 Å². The Morgan fingerprint density at radius 3 is 2.86 bits per heavy atom. The van der Waals surface area contributed by atoms with Gasteiger partial charge in [0.1, 0.15) is 0 Å². The van der Waals surface area contributed by atoms with E-state index in [4.69, 9.17) is 16.4 Å². The van der Waals surface area contributed by atoms with Gasteiger partial charge in [-0.05, 0) is 31.5 Å². The second-order valence-electron chi connectivity index (χ2n) is 2.85. The van der Waals surface area contributed by atoms with E-state index in [1.165, 1.54) is 0 Å². The van der Waals surface area contributed by atoms with Crippen LogP contribution < -0.4 is 5.48 Å². The van der Waals surface area contributed by atoms with Gasteiger partial charge in [-0.25, -0.2) is 5.48 Å². The summed E-state index contributed by atoms with van der Waals surface area (Å²) < 4.78 is 0. The number of hydrogen-bond donors (Lipinski definition) is 1. The largest absolute Gasteiger partial charge is 0.276 e. The molecule has 1 amide bonds. The molecule has 3 nitrogen and oxygen atoms in total. The first-order valence-corrected chi connectivity index (χ1v) is 4.71. The van der Waals surface area contributed by atoms with Crippen molar-refractivity contribution in [3.8, 4) is 0 Å². The second-order valence-corrected chi connectivity index (χ2v) is 3.25. The van der Waals surface area contributed by atoms with Crippen molar-refractivity contribution >= 4 is 17.5 Å². The number of carbonyl (C=O) groups is 1. The molecule has 1 N–H and O–H groups in total. The minimum atomic E-state index is -0.322. The minimum absolute atomic E-state index is 0.322. The van der Waals surface area contributed by atoms with Gasteiger partial charge in [-0.3, -0.25) is 9.63 Å². The van der Waals surface area contributed by atoms with Crippen LogP contribution in [-0.2, 0) is 4.84 Å². The standard InChI is InChI=1S/C10H12ClNO2/c1-3-14-12-10(13)8-5-4-7(2)6-9(8)11/h4-6H,3H2,1-2H3,(H,12,13). The summed E-state index contributed by atoms with van der Waals surface area (Å²) in [6, 6.07) is 5.24. The fraction of sp³-hybridized carbons (Fsp3) is 0.300. The molecular weight excluding hydrogens is 202 g/mol. The molecule has 0 heterocycles. The monoisotopic (exact) mass is 213 g/mol. The number of benzene rings is 1. The summed E-state index contributed by atoms with van der Waals surface area (Å²) in [6.07, 6.45) is 0. The van der Waals surface area contributed by atoms with E-state index < -0.39 is 0 Å². The Bertz CT molecular complexity index is 339. The second kappa shape index (κ2) is 4.98. The lowest BCUT2D eigenvalue weighted by Gasteiger charge is -2.05. The average molecular weight is 214 g/mol. The van der Waals surface area contributed by atoms with Crippen LogP contribution in [0.15, 0.2) is 18.2 Å². The van der Waals surface area contributed by atoms with E-state index in [-0.39, 0.29) is 5.91 Å². The van der Waals surface area contributed by atoms with E-state index in [0.717, 1.165) is 5.56 Å². The maximum atomic E-state index is 11.4. The Kier molecular flexibility index (Phi) is 3.92. The fourth-order valence-corrected chi connectivity index (χ4v) is 1.32. The molecule has 14 heavy (non-hydrogen) atoms. The van der Waals surface area contributed by atoms with Crippen molar-refractivity contribution in [1.82, 2.24) is 5.48 Å². The maximum Gasteiger partial charge on any atom is 0.276 e. The van der Waals surface area contributed by atoms with Crippen molar-refractivity contribution in [1.29, 1.82) is 0 Å². The van der Waals surface area contributed by atoms with Crippen LogP contribution in [0.2, 0.25) is 5.02 Å². The zero-order valence-electron chi connectivity index (χ0n) is 8.13. The highest BCUT2D eigenvalue weighted by Gasteiger charge is 2.09. The molecule has 0 aliphatic rings. The predicted molar refractivity (Wildman–Crippen MR) is 55.3 cm³/mol. The molecule has 76 valence electrons. The molecular formula is C10H12ClNO2. The number of hydrogen-bond acceptors (Lipinski definition) is 2. The van der Waals surface area contributed by atoms with Gasteiger partial charge in [-0.1, -0.05) is 17.7 Å². The summed E-state index contributed by atoms with van der Waals surface area (Å²) in [5.74, 6) is -0.322. The quantitative estimate of drug-likeness (QED) is 0.783. The number of aryl methyl sites for hydroxylation is 1. The average Bonchev–Trinajstić information content (AvgIpc) is 2.14. The number of hydroxylamine groups is 1. The van der Waals surface area contributed by atoms with E-state index >= 15 is 0 Å². The van der Waals surface area contributed by atoms with Gasteiger partial charge in [0.2, 0.25) is 0 Å². The SMILES string of the molecule is CCONC(=O)c1ccc(C)cc1Cl. The van der Waals surface area contributed by atoms with Gasteiger partial charge in [0.05, 0.1) is 17.2 Å². The molecule has 0 spiro atoms. The maximum absolute atomic E-state index is 11.4. The Labute approximate surface area is 88.0 Å². The normalized spacial score (nSPS) is 9.93. The number of nitrogens with one attached hydrogen (secondary N) is 1. The molecule has 4 heteroatoms. The van der Waals surface area contributed by atoms with Gasteiger partial charge < -0.3 is 0 Å². The first-order valence-electron chi connectivity index (χ1n) is 4.33. The van der Waals surface area contributed by atoms with Crippen LogP contribution in [0.5, 0.6) is 0 Å². The van der Waals surface area contributed by atoms with E-state index in [1.54, 1.807) is 19.1 Å². The zero-order valence-corrected chi connectivity index (χ0v) is 8.89. The highest BCUT2D eigenvalue weighted by atomic mass is 35.5. The van der Waals surface area contributed by atoms with Crippen LogP contribution in [0.3, 0.4) is 0 Å². The van der Waals surface area contributed by atoms with Crippen molar-refractivity contribution in [3.63, 3.8) is 0 Å². The van der Waals surface area contributed by atoms with Crippen LogP contribution in [-0.4, -0.2) is 12.5 Å². The lowest BCUT2D eigenvalue weighted by molar-refractivity contribution is 0.0364. The summed E-state index contributed by atoms with van der Waals surface area (Å²) in [5, 5.41) is 0.433. The van der Waals surface area contributed by atoms with Crippen LogP contribution in [0.4, 0.5) is 0 Å². The Balaban J connectivity index is 2.80. The summed E-state index contributed by atoms with van der Waals surface area (Å²) >= 11 is 5.89. The summed E-state index contributed by atoms with van der Waals surface area (Å²) in [6.45, 7) is 4.13. The number of rotatable bonds is 3. The van der Waals surface area contributed by atoms with Crippen molar-refractivity contribution in [3.05, 3.63) is 34.3 Å². The highest BCUT2D eigenvalue weighted by Crippen LogP contribution is 2.17. The number of halogens is 1. The Morgan fingerprint density at radius 2 is 2.29 bits per heavy atom. The van der Waals surface area contributed by atoms with Gasteiger partial charge in [-0.2, -0.15) is 0 Å². The molecule has 0 unspecified atom stereocenters. The van der Waals surface area contributed by atoms with Gasteiger partial charge in [0.25, 0.3) is 5.91 Å². The topological polar surface area (TPSA) is 38.3 Å². The van der Waals surface area contributed by atoms with Crippen LogP contribution >= 0.6 is 11.6 Å². The third-order valence-corrected chi connectivity index (χ3v) is 1.99. The molecule has 0 saturated heterocycles. The van der Waals surface area contributed by atoms with Crippen LogP contribution in [0.25, 0.3) is 0 Å². The molecule has 1 aromatic rings. The van der Waals surface area contributed by atoms with Crippen LogP contribution in [0.1, 0.15) is 22.8 Å². The first kappa shape index (κ1) is 11.0. The Hall–Kier alpha value is -1.06. The lowest BCUT2D eigenvalue weighted by Crippen LogP contribution is -2.23. The molecule has 0 aromatic heterocycles. The van der Waals surface area contributed by atoms with Gasteiger partial charge >= 0.3 is 0 Å². The molecule has 0 saturated carbocycles. The third kappa shape index (κ3) is 2.72. The smallest absolute Gasteiger partial charge is 0.274 e. The first-order chi connectivity index (χ1) is 6.65. The summed E-state index contributed by atoms with van der Waals surface area (Å²) in [7, 11) is 0. The van der Waals surface area contributed by atoms with E-state index in [1.807, 2.05) is 13.0 Å². The molecule has 0 bridgehead atoms. The van der Waals surface area contributed by atoms with E-state index in [2.05, 4.69) is 5.48 Å². The highest BCUT2D eigenvalue weighted by molar-refractivity contribution is 6.33. The van der Waals surface area contributed by atoms with Crippen molar-refractivity contribution in [2.24, 2.45) is 0 Å². The van der Waals surface area contributed by atoms with Gasteiger partial charge in [-0.15, -0.1) is 0 Å². The van der Waals surface area contributed by atoms with Gasteiger partial charge in [0.15, 0.2) is 0 Å². The molecule has 1 aromatic carbocycles. The van der Waals surface area contributed by atoms with Crippen molar-refractivity contribution < 1.29 is 9.63 Å². The Morgan fingerprint density at radius 1 is 1.57 bits per heavy atom. The van der Waals surface area contributed by atoms with Crippen molar-refractivity contribution in [2.45, 2.75) is 13.8 Å². The molecule has 1 rings (SSSR count). The molecule has 0 radical (unpaired) electrons. The lowest BCUT2D eigenvalue weighted by atomic mass is 10.1. The van der Waals surface area contributed by atoms with Gasteiger partial charge in [0, 0.05) is 0 Å². The predicted octanol–water partition coefficient (Wildman–Crippen LogP) is 2.33. The molecule has 0 aliphatic carbocycles. The fourth-order valence-electron chi connectivity index (χ4n) is 0.997. The molecule has 0 aliphatic heterocycles. The number of amides is 1.